The Hall–Kier alpha value is -2.62. The molecule has 3 rings (SSSR count). The Labute approximate surface area is 186 Å². The van der Waals surface area contributed by atoms with Gasteiger partial charge in [0.25, 0.3) is 0 Å². The summed E-state index contributed by atoms with van der Waals surface area (Å²) in [7, 11) is -2.25. The molecule has 1 aliphatic heterocycles. The molecule has 0 radical (unpaired) electrons. The van der Waals surface area contributed by atoms with Crippen LogP contribution in [0.4, 0.5) is 11.4 Å². The molecular formula is C21H24ClN3O5S. The molecule has 0 bridgehead atoms. The standard InChI is InChI=1S/C21H24ClN3O5S/c1-14(26)23-16-4-3-5-17(12-16)24-21(27)15-8-10-25(11-9-15)31(28,29)18-6-7-20(30-2)19(22)13-18/h3-7,12-13,15H,8-11H2,1-2H3,(H,23,26)(H,24,27). The van der Waals surface area contributed by atoms with Crippen molar-refractivity contribution < 1.29 is 22.7 Å². The summed E-state index contributed by atoms with van der Waals surface area (Å²) in [4.78, 5) is 23.9. The highest BCUT2D eigenvalue weighted by atomic mass is 35.5. The van der Waals surface area contributed by atoms with Crippen LogP contribution >= 0.6 is 11.6 Å². The number of carbonyl (C=O) groups is 2. The predicted molar refractivity (Wildman–Crippen MR) is 119 cm³/mol. The SMILES string of the molecule is COc1ccc(S(=O)(=O)N2CCC(C(=O)Nc3cccc(NC(C)=O)c3)CC2)cc1Cl. The van der Waals surface area contributed by atoms with Gasteiger partial charge in [0.2, 0.25) is 21.8 Å². The molecule has 31 heavy (non-hydrogen) atoms. The number of hydrogen-bond acceptors (Lipinski definition) is 5. The van der Waals surface area contributed by atoms with Crippen LogP contribution in [0, 0.1) is 5.92 Å². The number of nitrogens with one attached hydrogen (secondary N) is 2. The van der Waals surface area contributed by atoms with Crippen molar-refractivity contribution in [3.63, 3.8) is 0 Å². The Balaban J connectivity index is 1.61. The zero-order valence-corrected chi connectivity index (χ0v) is 18.8. The second-order valence-electron chi connectivity index (χ2n) is 7.23. The van der Waals surface area contributed by atoms with Crippen molar-refractivity contribution in [1.82, 2.24) is 4.31 Å². The predicted octanol–water partition coefficient (Wildman–Crippen LogP) is 3.35. The molecule has 2 aromatic rings. The van der Waals surface area contributed by atoms with Crippen LogP contribution in [0.1, 0.15) is 19.8 Å². The van der Waals surface area contributed by atoms with Crippen LogP contribution in [0.5, 0.6) is 5.75 Å². The van der Waals surface area contributed by atoms with Crippen molar-refractivity contribution in [3.8, 4) is 5.75 Å². The number of sulfonamides is 1. The van der Waals surface area contributed by atoms with E-state index in [0.717, 1.165) is 0 Å². The molecule has 1 aliphatic rings. The molecule has 2 amide bonds. The highest BCUT2D eigenvalue weighted by Gasteiger charge is 2.32. The fourth-order valence-electron chi connectivity index (χ4n) is 3.44. The van der Waals surface area contributed by atoms with E-state index in [1.54, 1.807) is 24.3 Å². The molecule has 1 fully saturated rings. The average molecular weight is 466 g/mol. The number of rotatable bonds is 6. The lowest BCUT2D eigenvalue weighted by molar-refractivity contribution is -0.121. The number of hydrogen-bond donors (Lipinski definition) is 2. The minimum Gasteiger partial charge on any atom is -0.495 e. The normalized spacial score (nSPS) is 15.3. The quantitative estimate of drug-likeness (QED) is 0.680. The van der Waals surface area contributed by atoms with E-state index in [1.165, 1.54) is 36.5 Å². The number of halogens is 1. The number of carbonyl (C=O) groups excluding carboxylic acids is 2. The minimum atomic E-state index is -3.71. The van der Waals surface area contributed by atoms with E-state index in [2.05, 4.69) is 10.6 Å². The van der Waals surface area contributed by atoms with Crippen LogP contribution < -0.4 is 15.4 Å². The zero-order chi connectivity index (χ0) is 22.6. The lowest BCUT2D eigenvalue weighted by atomic mass is 9.97. The summed E-state index contributed by atoms with van der Waals surface area (Å²) in [6.45, 7) is 1.87. The number of benzene rings is 2. The molecule has 0 spiro atoms. The second-order valence-corrected chi connectivity index (χ2v) is 9.57. The van der Waals surface area contributed by atoms with Gasteiger partial charge in [0.05, 0.1) is 17.0 Å². The lowest BCUT2D eigenvalue weighted by Gasteiger charge is -2.30. The maximum atomic E-state index is 12.9. The smallest absolute Gasteiger partial charge is 0.243 e. The van der Waals surface area contributed by atoms with Gasteiger partial charge >= 0.3 is 0 Å². The van der Waals surface area contributed by atoms with Gasteiger partial charge in [0, 0.05) is 37.3 Å². The molecule has 0 aliphatic carbocycles. The molecule has 0 atom stereocenters. The van der Waals surface area contributed by atoms with Gasteiger partial charge in [-0.1, -0.05) is 17.7 Å². The highest BCUT2D eigenvalue weighted by molar-refractivity contribution is 7.89. The van der Waals surface area contributed by atoms with Crippen LogP contribution in [0.3, 0.4) is 0 Å². The summed E-state index contributed by atoms with van der Waals surface area (Å²) in [6, 6.07) is 11.2. The van der Waals surface area contributed by atoms with Gasteiger partial charge in [-0.15, -0.1) is 0 Å². The third-order valence-corrected chi connectivity index (χ3v) is 7.23. The average Bonchev–Trinajstić information content (AvgIpc) is 2.73. The van der Waals surface area contributed by atoms with Gasteiger partial charge in [-0.05, 0) is 49.2 Å². The first kappa shape index (κ1) is 23.1. The lowest BCUT2D eigenvalue weighted by Crippen LogP contribution is -2.41. The summed E-state index contributed by atoms with van der Waals surface area (Å²) in [5.74, 6) is -0.284. The molecule has 1 saturated heterocycles. The summed E-state index contributed by atoms with van der Waals surface area (Å²) in [6.07, 6.45) is 0.806. The van der Waals surface area contributed by atoms with Crippen molar-refractivity contribution in [2.45, 2.75) is 24.7 Å². The molecule has 0 aromatic heterocycles. The van der Waals surface area contributed by atoms with Gasteiger partial charge < -0.3 is 15.4 Å². The highest BCUT2D eigenvalue weighted by Crippen LogP contribution is 2.30. The van der Waals surface area contributed by atoms with Crippen LogP contribution in [0.25, 0.3) is 0 Å². The molecule has 2 aromatic carbocycles. The van der Waals surface area contributed by atoms with E-state index in [4.69, 9.17) is 16.3 Å². The number of ether oxygens (including phenoxy) is 1. The van der Waals surface area contributed by atoms with Gasteiger partial charge in [0.1, 0.15) is 5.75 Å². The van der Waals surface area contributed by atoms with Gasteiger partial charge in [-0.2, -0.15) is 4.31 Å². The Kier molecular flexibility index (Phi) is 7.19. The molecule has 8 nitrogen and oxygen atoms in total. The summed E-state index contributed by atoms with van der Waals surface area (Å²) in [5, 5.41) is 5.73. The van der Waals surface area contributed by atoms with Gasteiger partial charge in [-0.3, -0.25) is 9.59 Å². The minimum absolute atomic E-state index is 0.0935. The maximum absolute atomic E-state index is 12.9. The topological polar surface area (TPSA) is 105 Å². The fraction of sp³-hybridized carbons (Fsp3) is 0.333. The van der Waals surface area contributed by atoms with Crippen LogP contribution in [0.2, 0.25) is 5.02 Å². The van der Waals surface area contributed by atoms with E-state index >= 15 is 0 Å². The van der Waals surface area contributed by atoms with Crippen molar-refractivity contribution in [2.75, 3.05) is 30.8 Å². The molecule has 166 valence electrons. The van der Waals surface area contributed by atoms with Crippen molar-refractivity contribution in [2.24, 2.45) is 5.92 Å². The number of anilines is 2. The van der Waals surface area contributed by atoms with Gasteiger partial charge in [0.15, 0.2) is 0 Å². The van der Waals surface area contributed by atoms with Crippen LogP contribution in [0.15, 0.2) is 47.4 Å². The van der Waals surface area contributed by atoms with E-state index in [9.17, 15) is 18.0 Å². The van der Waals surface area contributed by atoms with E-state index in [-0.39, 0.29) is 40.7 Å². The molecule has 0 unspecified atom stereocenters. The number of nitrogens with zero attached hydrogens (tertiary/aromatic N) is 1. The first-order valence-corrected chi connectivity index (χ1v) is 11.5. The summed E-state index contributed by atoms with van der Waals surface area (Å²) < 4.78 is 32.3. The first-order valence-electron chi connectivity index (χ1n) is 9.73. The molecular weight excluding hydrogens is 442 g/mol. The van der Waals surface area contributed by atoms with Crippen LogP contribution in [-0.4, -0.2) is 44.7 Å². The van der Waals surface area contributed by atoms with Crippen molar-refractivity contribution >= 4 is 44.8 Å². The summed E-state index contributed by atoms with van der Waals surface area (Å²) >= 11 is 6.07. The fourth-order valence-corrected chi connectivity index (χ4v) is 5.26. The van der Waals surface area contributed by atoms with Crippen molar-refractivity contribution in [3.05, 3.63) is 47.5 Å². The number of methoxy groups -OCH3 is 1. The maximum Gasteiger partial charge on any atom is 0.243 e. The Morgan fingerprint density at radius 2 is 1.71 bits per heavy atom. The van der Waals surface area contributed by atoms with E-state index < -0.39 is 10.0 Å². The largest absolute Gasteiger partial charge is 0.495 e. The van der Waals surface area contributed by atoms with E-state index in [1.807, 2.05) is 0 Å². The molecule has 2 N–H and O–H groups in total. The Morgan fingerprint density at radius 1 is 1.06 bits per heavy atom. The third-order valence-electron chi connectivity index (χ3n) is 5.04. The Bertz CT molecular complexity index is 1080. The molecule has 1 heterocycles. The summed E-state index contributed by atoms with van der Waals surface area (Å²) in [5.41, 5.74) is 1.16. The number of amides is 2. The van der Waals surface area contributed by atoms with Crippen LogP contribution in [-0.2, 0) is 19.6 Å². The molecule has 10 heteroatoms. The monoisotopic (exact) mass is 465 g/mol. The third kappa shape index (κ3) is 5.55. The van der Waals surface area contributed by atoms with E-state index in [0.29, 0.717) is 30.0 Å². The second kappa shape index (κ2) is 9.67. The van der Waals surface area contributed by atoms with Gasteiger partial charge in [-0.25, -0.2) is 8.42 Å². The number of piperidine rings is 1. The first-order chi connectivity index (χ1) is 14.7. The Morgan fingerprint density at radius 3 is 2.29 bits per heavy atom. The van der Waals surface area contributed by atoms with Crippen molar-refractivity contribution in [1.29, 1.82) is 0 Å². The zero-order valence-electron chi connectivity index (χ0n) is 17.2. The molecule has 0 saturated carbocycles.